The molecule has 32 heavy (non-hydrogen) atoms. The minimum absolute atomic E-state index is 0.0156. The summed E-state index contributed by atoms with van der Waals surface area (Å²) in [4.78, 5) is 12.3. The number of unbranched alkanes of at least 4 members (excludes halogenated alkanes) is 1. The van der Waals surface area contributed by atoms with Crippen LogP contribution in [0.2, 0.25) is 0 Å². The van der Waals surface area contributed by atoms with Crippen LogP contribution in [0.3, 0.4) is 0 Å². The Labute approximate surface area is 213 Å². The van der Waals surface area contributed by atoms with Gasteiger partial charge in [0.2, 0.25) is 0 Å². The quantitative estimate of drug-likeness (QED) is 0.142. The van der Waals surface area contributed by atoms with E-state index in [1.165, 1.54) is 6.07 Å². The first-order valence-corrected chi connectivity index (χ1v) is 12.7. The van der Waals surface area contributed by atoms with Crippen molar-refractivity contribution in [1.29, 1.82) is 0 Å². The van der Waals surface area contributed by atoms with Crippen LogP contribution in [0.1, 0.15) is 45.3 Å². The average molecular weight is 627 g/mol. The summed E-state index contributed by atoms with van der Waals surface area (Å²) in [5, 5.41) is 10.1. The number of phenols is 1. The van der Waals surface area contributed by atoms with Gasteiger partial charge in [0.25, 0.3) is 0 Å². The lowest BCUT2D eigenvalue weighted by Crippen LogP contribution is -2.12. The highest BCUT2D eigenvalue weighted by atomic mass is 79.9. The molecule has 3 rings (SSSR count). The molecule has 0 aliphatic carbocycles. The predicted octanol–water partition coefficient (Wildman–Crippen LogP) is 7.75. The fraction of sp³-hybridized carbons (Fsp3) is 0.240. The van der Waals surface area contributed by atoms with Crippen molar-refractivity contribution in [2.75, 3.05) is 13.2 Å². The molecular weight excluding hydrogens is 604 g/mol. The van der Waals surface area contributed by atoms with Crippen molar-refractivity contribution in [3.05, 3.63) is 98.4 Å². The molecule has 0 spiro atoms. The van der Waals surface area contributed by atoms with Gasteiger partial charge in [-0.15, -0.1) is 0 Å². The van der Waals surface area contributed by atoms with E-state index < -0.39 is 5.97 Å². The molecule has 0 aliphatic rings. The van der Waals surface area contributed by atoms with E-state index in [1.54, 1.807) is 6.07 Å². The van der Waals surface area contributed by atoms with Crippen molar-refractivity contribution >= 4 is 53.8 Å². The highest BCUT2D eigenvalue weighted by molar-refractivity contribution is 9.11. The highest BCUT2D eigenvalue weighted by Gasteiger charge is 2.23. The molecule has 7 heteroatoms. The maximum absolute atomic E-state index is 12.3. The van der Waals surface area contributed by atoms with Gasteiger partial charge in [-0.2, -0.15) is 0 Å². The molecule has 2 atom stereocenters. The number of alkyl halides is 1. The third-order valence-electron chi connectivity index (χ3n) is 4.83. The summed E-state index contributed by atoms with van der Waals surface area (Å²) in [7, 11) is 0. The maximum Gasteiger partial charge on any atom is 0.341 e. The van der Waals surface area contributed by atoms with Gasteiger partial charge in [0.1, 0.15) is 11.3 Å². The van der Waals surface area contributed by atoms with Crippen LogP contribution in [0.15, 0.2) is 81.7 Å². The molecule has 4 nitrogen and oxygen atoms in total. The highest BCUT2D eigenvalue weighted by Crippen LogP contribution is 2.39. The van der Waals surface area contributed by atoms with Gasteiger partial charge < -0.3 is 14.6 Å². The summed E-state index contributed by atoms with van der Waals surface area (Å²) in [6.07, 6.45) is 1.25. The van der Waals surface area contributed by atoms with E-state index in [-0.39, 0.29) is 28.9 Å². The minimum Gasteiger partial charge on any atom is -0.506 e. The Morgan fingerprint density at radius 3 is 2.12 bits per heavy atom. The second-order valence-corrected chi connectivity index (χ2v) is 9.90. The van der Waals surface area contributed by atoms with Crippen LogP contribution >= 0.6 is 47.8 Å². The zero-order chi connectivity index (χ0) is 22.9. The van der Waals surface area contributed by atoms with Crippen molar-refractivity contribution in [3.8, 4) is 5.75 Å². The van der Waals surface area contributed by atoms with Crippen molar-refractivity contribution in [1.82, 2.24) is 0 Å². The lowest BCUT2D eigenvalue weighted by atomic mass is 10.0. The molecule has 0 aliphatic heterocycles. The minimum atomic E-state index is -0.558. The Morgan fingerprint density at radius 1 is 0.875 bits per heavy atom. The number of benzene rings is 3. The molecular formula is C25H23Br3O4. The van der Waals surface area contributed by atoms with Crippen LogP contribution < -0.4 is 0 Å². The van der Waals surface area contributed by atoms with Gasteiger partial charge in [-0.05, 0) is 52.0 Å². The number of halogens is 3. The van der Waals surface area contributed by atoms with E-state index in [1.807, 2.05) is 36.4 Å². The molecule has 168 valence electrons. The summed E-state index contributed by atoms with van der Waals surface area (Å²) in [5.74, 6) is -0.686. The van der Waals surface area contributed by atoms with Crippen LogP contribution in [0, 0.1) is 0 Å². The largest absolute Gasteiger partial charge is 0.506 e. The summed E-state index contributed by atoms with van der Waals surface area (Å²) >= 11 is 10.3. The lowest BCUT2D eigenvalue weighted by molar-refractivity contribution is 0.0378. The number of carbonyl (C=O) groups is 1. The molecule has 3 aromatic rings. The number of rotatable bonds is 10. The van der Waals surface area contributed by atoms with Gasteiger partial charge in [-0.3, -0.25) is 0 Å². The van der Waals surface area contributed by atoms with Crippen LogP contribution in [-0.4, -0.2) is 24.3 Å². The molecule has 0 radical (unpaired) electrons. The van der Waals surface area contributed by atoms with Gasteiger partial charge in [0.15, 0.2) is 0 Å². The van der Waals surface area contributed by atoms with E-state index in [9.17, 15) is 9.90 Å². The molecule has 1 N–H and O–H groups in total. The van der Waals surface area contributed by atoms with E-state index >= 15 is 0 Å². The second kappa shape index (κ2) is 12.5. The summed E-state index contributed by atoms with van der Waals surface area (Å²) in [6.45, 7) is 0.776. The Morgan fingerprint density at radius 2 is 1.47 bits per heavy atom. The number of aromatic hydroxyl groups is 1. The zero-order valence-electron chi connectivity index (χ0n) is 17.2. The number of carbonyl (C=O) groups excluding carboxylic acids is 1. The van der Waals surface area contributed by atoms with Crippen LogP contribution in [-0.2, 0) is 9.47 Å². The first kappa shape index (κ1) is 25.0. The van der Waals surface area contributed by atoms with Gasteiger partial charge >= 0.3 is 5.97 Å². The molecule has 0 saturated carbocycles. The normalized spacial score (nSPS) is 12.8. The molecule has 0 amide bonds. The third kappa shape index (κ3) is 6.91. The van der Waals surface area contributed by atoms with E-state index in [0.717, 1.165) is 17.5 Å². The zero-order valence-corrected chi connectivity index (χ0v) is 22.0. The topological polar surface area (TPSA) is 55.8 Å². The summed E-state index contributed by atoms with van der Waals surface area (Å²) in [6, 6.07) is 23.5. The molecule has 0 bridgehead atoms. The number of ether oxygens (including phenoxy) is 2. The van der Waals surface area contributed by atoms with E-state index in [0.29, 0.717) is 22.0 Å². The number of hydrogen-bond donors (Lipinski definition) is 1. The molecule has 3 aromatic carbocycles. The van der Waals surface area contributed by atoms with Crippen molar-refractivity contribution < 1.29 is 19.4 Å². The SMILES string of the molecule is O=C(OCCCCO[C@@H](c1ccccc1)[C@H](Br)c1ccccc1)c1cc(Br)cc(Br)c1O. The number of hydrogen-bond acceptors (Lipinski definition) is 4. The Hall–Kier alpha value is -1.67. The van der Waals surface area contributed by atoms with Crippen molar-refractivity contribution in [2.24, 2.45) is 0 Å². The smallest absolute Gasteiger partial charge is 0.341 e. The van der Waals surface area contributed by atoms with Gasteiger partial charge in [0, 0.05) is 11.1 Å². The lowest BCUT2D eigenvalue weighted by Gasteiger charge is -2.24. The number of esters is 1. The Bertz CT molecular complexity index is 1010. The summed E-state index contributed by atoms with van der Waals surface area (Å²) < 4.78 is 12.7. The van der Waals surface area contributed by atoms with Gasteiger partial charge in [-0.25, -0.2) is 4.79 Å². The van der Waals surface area contributed by atoms with E-state index in [4.69, 9.17) is 9.47 Å². The van der Waals surface area contributed by atoms with Crippen LogP contribution in [0.5, 0.6) is 5.75 Å². The van der Waals surface area contributed by atoms with Gasteiger partial charge in [-0.1, -0.05) is 92.5 Å². The Kier molecular flexibility index (Phi) is 9.78. The van der Waals surface area contributed by atoms with Gasteiger partial charge in [0.05, 0.1) is 22.0 Å². The average Bonchev–Trinajstić information content (AvgIpc) is 2.81. The second-order valence-electron chi connectivity index (χ2n) is 7.14. The molecule has 0 fully saturated rings. The van der Waals surface area contributed by atoms with Crippen LogP contribution in [0.25, 0.3) is 0 Å². The molecule has 0 saturated heterocycles. The van der Waals surface area contributed by atoms with Crippen LogP contribution in [0.4, 0.5) is 0 Å². The molecule has 0 unspecified atom stereocenters. The standard InChI is InChI=1S/C25H23Br3O4/c26-19-15-20(23(29)21(27)16-19)25(30)32-14-8-7-13-31-24(18-11-5-2-6-12-18)22(28)17-9-3-1-4-10-17/h1-6,9-12,15-16,22,24,29H,7-8,13-14H2/t22-,24+/m1/s1. The first-order valence-electron chi connectivity index (χ1n) is 10.2. The molecule has 0 aromatic heterocycles. The number of phenolic OH excluding ortho intramolecular Hbond substituents is 1. The third-order valence-corrected chi connectivity index (χ3v) is 6.90. The predicted molar refractivity (Wildman–Crippen MR) is 136 cm³/mol. The monoisotopic (exact) mass is 624 g/mol. The fourth-order valence-electron chi connectivity index (χ4n) is 3.18. The first-order chi connectivity index (χ1) is 15.5. The van der Waals surface area contributed by atoms with E-state index in [2.05, 4.69) is 72.1 Å². The van der Waals surface area contributed by atoms with Crippen molar-refractivity contribution in [2.45, 2.75) is 23.8 Å². The maximum atomic E-state index is 12.3. The Balaban J connectivity index is 1.51. The fourth-order valence-corrected chi connectivity index (χ4v) is 5.17. The summed E-state index contributed by atoms with van der Waals surface area (Å²) in [5.41, 5.74) is 2.37. The molecule has 0 heterocycles. The van der Waals surface area contributed by atoms with Crippen molar-refractivity contribution in [3.63, 3.8) is 0 Å².